The summed E-state index contributed by atoms with van der Waals surface area (Å²) in [5.74, 6) is 0.181. The molecule has 1 saturated heterocycles. The van der Waals surface area contributed by atoms with E-state index in [-0.39, 0.29) is 23.3 Å². The van der Waals surface area contributed by atoms with Gasteiger partial charge in [-0.25, -0.2) is 0 Å². The van der Waals surface area contributed by atoms with Crippen molar-refractivity contribution in [1.29, 1.82) is 0 Å². The first-order chi connectivity index (χ1) is 11.8. The lowest BCUT2D eigenvalue weighted by atomic mass is 9.79. The van der Waals surface area contributed by atoms with Crippen LogP contribution in [0.3, 0.4) is 0 Å². The molecule has 0 spiro atoms. The third-order valence-electron chi connectivity index (χ3n) is 6.46. The highest BCUT2D eigenvalue weighted by Crippen LogP contribution is 2.65. The van der Waals surface area contributed by atoms with Gasteiger partial charge < -0.3 is 14.7 Å². The number of hydrogen-bond acceptors (Lipinski definition) is 3. The lowest BCUT2D eigenvalue weighted by molar-refractivity contribution is -0.137. The topological polar surface area (TPSA) is 49.8 Å². The van der Waals surface area contributed by atoms with Crippen LogP contribution >= 0.6 is 0 Å². The minimum absolute atomic E-state index is 0.0321. The highest BCUT2D eigenvalue weighted by molar-refractivity contribution is 5.93. The van der Waals surface area contributed by atoms with Crippen molar-refractivity contribution in [3.63, 3.8) is 0 Å². The smallest absolute Gasteiger partial charge is 0.233 e. The summed E-state index contributed by atoms with van der Waals surface area (Å²) in [6.07, 6.45) is 2.49. The van der Waals surface area contributed by atoms with Crippen molar-refractivity contribution in [3.8, 4) is 0 Å². The predicted molar refractivity (Wildman–Crippen MR) is 98.5 cm³/mol. The molecule has 1 aliphatic heterocycles. The summed E-state index contributed by atoms with van der Waals surface area (Å²) in [5, 5.41) is 9.95. The number of amides is 1. The van der Waals surface area contributed by atoms with Crippen LogP contribution in [0.15, 0.2) is 24.3 Å². The summed E-state index contributed by atoms with van der Waals surface area (Å²) >= 11 is 0. The molecule has 3 rings (SSSR count). The van der Waals surface area contributed by atoms with Crippen molar-refractivity contribution in [2.24, 2.45) is 10.8 Å². The summed E-state index contributed by atoms with van der Waals surface area (Å²) in [5.41, 5.74) is 1.63. The third kappa shape index (κ3) is 3.11. The van der Waals surface area contributed by atoms with Gasteiger partial charge in [0, 0.05) is 32.2 Å². The highest BCUT2D eigenvalue weighted by Gasteiger charge is 2.67. The van der Waals surface area contributed by atoms with Gasteiger partial charge in [0.15, 0.2) is 0 Å². The second kappa shape index (κ2) is 6.40. The molecular formula is C21H31NO3. The minimum Gasteiger partial charge on any atom is -0.396 e. The van der Waals surface area contributed by atoms with E-state index in [1.165, 1.54) is 5.56 Å². The van der Waals surface area contributed by atoms with Gasteiger partial charge in [-0.1, -0.05) is 43.7 Å². The van der Waals surface area contributed by atoms with Crippen LogP contribution in [0.5, 0.6) is 0 Å². The molecule has 4 heteroatoms. The van der Waals surface area contributed by atoms with E-state index >= 15 is 0 Å². The number of ether oxygens (including phenoxy) is 1. The Balaban J connectivity index is 1.83. The summed E-state index contributed by atoms with van der Waals surface area (Å²) in [6.45, 7) is 8.45. The zero-order valence-corrected chi connectivity index (χ0v) is 16.0. The van der Waals surface area contributed by atoms with E-state index < -0.39 is 5.41 Å². The van der Waals surface area contributed by atoms with Gasteiger partial charge in [-0.05, 0) is 37.2 Å². The summed E-state index contributed by atoms with van der Waals surface area (Å²) in [6, 6.07) is 8.39. The van der Waals surface area contributed by atoms with Gasteiger partial charge in [0.05, 0.1) is 12.0 Å². The van der Waals surface area contributed by atoms with Crippen molar-refractivity contribution >= 4 is 5.91 Å². The van der Waals surface area contributed by atoms with Crippen molar-refractivity contribution < 1.29 is 14.6 Å². The van der Waals surface area contributed by atoms with Crippen molar-refractivity contribution in [3.05, 3.63) is 35.4 Å². The SMILES string of the molecule is Cc1ccc([C@@]2(C(=O)N(C)CC3(CO)CCOCC3)CC2(C)C)cc1. The van der Waals surface area contributed by atoms with E-state index in [9.17, 15) is 9.90 Å². The lowest BCUT2D eigenvalue weighted by Crippen LogP contribution is -2.48. The van der Waals surface area contributed by atoms with E-state index in [0.29, 0.717) is 19.8 Å². The average molecular weight is 345 g/mol. The molecule has 2 aliphatic rings. The minimum atomic E-state index is -0.433. The van der Waals surface area contributed by atoms with Crippen LogP contribution in [0, 0.1) is 17.8 Å². The fraction of sp³-hybridized carbons (Fsp3) is 0.667. The molecule has 138 valence electrons. The number of carbonyl (C=O) groups excluding carboxylic acids is 1. The first kappa shape index (κ1) is 18.4. The normalized spacial score (nSPS) is 26.9. The number of benzene rings is 1. The Labute approximate surface area is 151 Å². The molecule has 0 aromatic heterocycles. The second-order valence-electron chi connectivity index (χ2n) is 8.76. The first-order valence-corrected chi connectivity index (χ1v) is 9.28. The molecular weight excluding hydrogens is 314 g/mol. The quantitative estimate of drug-likeness (QED) is 0.893. The van der Waals surface area contributed by atoms with Crippen LogP contribution < -0.4 is 0 Å². The van der Waals surface area contributed by atoms with E-state index in [1.54, 1.807) is 0 Å². The molecule has 1 aromatic rings. The van der Waals surface area contributed by atoms with Gasteiger partial charge in [0.1, 0.15) is 0 Å². The third-order valence-corrected chi connectivity index (χ3v) is 6.46. The van der Waals surface area contributed by atoms with Crippen LogP contribution in [0.25, 0.3) is 0 Å². The zero-order chi connectivity index (χ0) is 18.3. The maximum atomic E-state index is 13.5. The standard InChI is InChI=1S/C21H31NO3/c1-16-5-7-17(8-6-16)21(13-19(21,2)3)18(24)22(4)14-20(15-23)9-11-25-12-10-20/h5-8,23H,9-15H2,1-4H3/t21-/m1/s1. The molecule has 1 amide bonds. The number of carbonyl (C=O) groups is 1. The molecule has 1 saturated carbocycles. The van der Waals surface area contributed by atoms with Gasteiger partial charge in [-0.2, -0.15) is 0 Å². The van der Waals surface area contributed by atoms with Crippen LogP contribution in [0.2, 0.25) is 0 Å². The van der Waals surface area contributed by atoms with Gasteiger partial charge in [-0.15, -0.1) is 0 Å². The van der Waals surface area contributed by atoms with Crippen molar-refractivity contribution in [1.82, 2.24) is 4.90 Å². The highest BCUT2D eigenvalue weighted by atomic mass is 16.5. The molecule has 0 bridgehead atoms. The molecule has 1 N–H and O–H groups in total. The molecule has 1 atom stereocenters. The van der Waals surface area contributed by atoms with Gasteiger partial charge >= 0.3 is 0 Å². The summed E-state index contributed by atoms with van der Waals surface area (Å²) in [4.78, 5) is 15.3. The largest absolute Gasteiger partial charge is 0.396 e. The number of rotatable bonds is 5. The maximum Gasteiger partial charge on any atom is 0.233 e. The summed E-state index contributed by atoms with van der Waals surface area (Å²) in [7, 11) is 1.89. The number of aliphatic hydroxyl groups excluding tert-OH is 1. The fourth-order valence-electron chi connectivity index (χ4n) is 4.51. The molecule has 0 radical (unpaired) electrons. The number of likely N-dealkylation sites (N-methyl/N-ethyl adjacent to an activating group) is 1. The van der Waals surface area contributed by atoms with Crippen molar-refractivity contribution in [2.45, 2.75) is 45.4 Å². The maximum absolute atomic E-state index is 13.5. The molecule has 2 fully saturated rings. The monoisotopic (exact) mass is 345 g/mol. The molecule has 1 aromatic carbocycles. The van der Waals surface area contributed by atoms with Crippen LogP contribution in [-0.4, -0.2) is 49.3 Å². The molecule has 1 heterocycles. The molecule has 25 heavy (non-hydrogen) atoms. The van der Waals surface area contributed by atoms with E-state index in [4.69, 9.17) is 4.74 Å². The Morgan fingerprint density at radius 3 is 2.24 bits per heavy atom. The van der Waals surface area contributed by atoms with E-state index in [1.807, 2.05) is 11.9 Å². The fourth-order valence-corrected chi connectivity index (χ4v) is 4.51. The Bertz CT molecular complexity index is 631. The average Bonchev–Trinajstić information content (AvgIpc) is 3.19. The number of aliphatic hydroxyl groups is 1. The molecule has 0 unspecified atom stereocenters. The Kier molecular flexibility index (Phi) is 4.71. The Morgan fingerprint density at radius 2 is 1.76 bits per heavy atom. The Morgan fingerprint density at radius 1 is 1.20 bits per heavy atom. The van der Waals surface area contributed by atoms with Crippen LogP contribution in [0.1, 0.15) is 44.2 Å². The second-order valence-corrected chi connectivity index (χ2v) is 8.76. The molecule has 1 aliphatic carbocycles. The number of nitrogens with zero attached hydrogens (tertiary/aromatic N) is 1. The number of hydrogen-bond donors (Lipinski definition) is 1. The van der Waals surface area contributed by atoms with E-state index in [2.05, 4.69) is 45.0 Å². The lowest BCUT2D eigenvalue weighted by Gasteiger charge is -2.39. The van der Waals surface area contributed by atoms with Crippen molar-refractivity contribution in [2.75, 3.05) is 33.4 Å². The predicted octanol–water partition coefficient (Wildman–Crippen LogP) is 2.91. The van der Waals surface area contributed by atoms with Gasteiger partial charge in [0.2, 0.25) is 5.91 Å². The Hall–Kier alpha value is -1.39. The number of aryl methyl sites for hydroxylation is 1. The van der Waals surface area contributed by atoms with Crippen LogP contribution in [-0.2, 0) is 14.9 Å². The summed E-state index contributed by atoms with van der Waals surface area (Å²) < 4.78 is 5.45. The van der Waals surface area contributed by atoms with Gasteiger partial charge in [0.25, 0.3) is 0 Å². The van der Waals surface area contributed by atoms with Crippen LogP contribution in [0.4, 0.5) is 0 Å². The van der Waals surface area contributed by atoms with E-state index in [0.717, 1.165) is 24.8 Å². The zero-order valence-electron chi connectivity index (χ0n) is 16.0. The van der Waals surface area contributed by atoms with Gasteiger partial charge in [-0.3, -0.25) is 4.79 Å². The molecule has 4 nitrogen and oxygen atoms in total. The first-order valence-electron chi connectivity index (χ1n) is 9.28.